The fourth-order valence-electron chi connectivity index (χ4n) is 4.76. The van der Waals surface area contributed by atoms with Crippen molar-refractivity contribution < 1.29 is 4.74 Å². The van der Waals surface area contributed by atoms with E-state index < -0.39 is 0 Å². The van der Waals surface area contributed by atoms with E-state index in [-0.39, 0.29) is 0 Å². The molecule has 0 spiro atoms. The lowest BCUT2D eigenvalue weighted by Crippen LogP contribution is -2.35. The monoisotopic (exact) mass is 343 g/mol. The fraction of sp³-hybridized carbons (Fsp3) is 0.739. The van der Waals surface area contributed by atoms with Gasteiger partial charge in [-0.15, -0.1) is 0 Å². The Hall–Kier alpha value is -1.02. The first-order valence-electron chi connectivity index (χ1n) is 10.6. The summed E-state index contributed by atoms with van der Waals surface area (Å²) in [6.45, 7) is 6.99. The Morgan fingerprint density at radius 1 is 1.08 bits per heavy atom. The molecule has 3 atom stereocenters. The molecule has 1 aromatic rings. The summed E-state index contributed by atoms with van der Waals surface area (Å²) >= 11 is 0. The van der Waals surface area contributed by atoms with Crippen LogP contribution in [0.4, 0.5) is 0 Å². The molecular formula is C23H37NO. The first kappa shape index (κ1) is 18.8. The Labute approximate surface area is 154 Å². The molecule has 0 aromatic heterocycles. The van der Waals surface area contributed by atoms with Gasteiger partial charge in [0.1, 0.15) is 5.75 Å². The summed E-state index contributed by atoms with van der Waals surface area (Å²) in [6, 6.07) is 8.50. The molecule has 3 rings (SSSR count). The van der Waals surface area contributed by atoms with E-state index in [4.69, 9.17) is 4.74 Å². The Morgan fingerprint density at radius 3 is 2.72 bits per heavy atom. The van der Waals surface area contributed by atoms with Gasteiger partial charge in [0, 0.05) is 0 Å². The van der Waals surface area contributed by atoms with Gasteiger partial charge in [-0.25, -0.2) is 0 Å². The van der Waals surface area contributed by atoms with Crippen LogP contribution in [0.15, 0.2) is 24.3 Å². The largest absolute Gasteiger partial charge is 0.490 e. The summed E-state index contributed by atoms with van der Waals surface area (Å²) in [5, 5.41) is 3.78. The molecule has 1 aromatic carbocycles. The van der Waals surface area contributed by atoms with E-state index in [1.807, 2.05) is 0 Å². The molecule has 0 radical (unpaired) electrons. The van der Waals surface area contributed by atoms with Gasteiger partial charge in [0.15, 0.2) is 0 Å². The smallest absolute Gasteiger partial charge is 0.119 e. The maximum Gasteiger partial charge on any atom is 0.119 e. The summed E-state index contributed by atoms with van der Waals surface area (Å²) in [4.78, 5) is 0. The van der Waals surface area contributed by atoms with Crippen LogP contribution in [-0.4, -0.2) is 19.2 Å². The highest BCUT2D eigenvalue weighted by molar-refractivity contribution is 5.27. The van der Waals surface area contributed by atoms with Gasteiger partial charge >= 0.3 is 0 Å². The molecule has 25 heavy (non-hydrogen) atoms. The number of rotatable bonds is 7. The Balaban J connectivity index is 1.40. The zero-order valence-electron chi connectivity index (χ0n) is 16.3. The van der Waals surface area contributed by atoms with Crippen LogP contribution >= 0.6 is 0 Å². The van der Waals surface area contributed by atoms with Crippen LogP contribution in [0, 0.1) is 24.7 Å². The number of aryl methyl sites for hydroxylation is 1. The van der Waals surface area contributed by atoms with Crippen molar-refractivity contribution in [3.8, 4) is 5.75 Å². The van der Waals surface area contributed by atoms with Gasteiger partial charge in [0.05, 0.1) is 6.10 Å². The van der Waals surface area contributed by atoms with Crippen LogP contribution < -0.4 is 10.1 Å². The summed E-state index contributed by atoms with van der Waals surface area (Å²) in [5.41, 5.74) is 1.28. The third kappa shape index (κ3) is 6.02. The van der Waals surface area contributed by atoms with Gasteiger partial charge in [0.25, 0.3) is 0 Å². The van der Waals surface area contributed by atoms with E-state index in [0.717, 1.165) is 23.5 Å². The van der Waals surface area contributed by atoms with Crippen molar-refractivity contribution in [2.75, 3.05) is 13.1 Å². The van der Waals surface area contributed by atoms with Crippen molar-refractivity contribution in [1.82, 2.24) is 5.32 Å². The van der Waals surface area contributed by atoms with E-state index in [0.29, 0.717) is 6.10 Å². The van der Waals surface area contributed by atoms with Gasteiger partial charge in [-0.1, -0.05) is 38.3 Å². The standard InChI is InChI=1S/C23H37NO/c1-18-8-6-12-22(14-18)25-23-13-7-11-21(15-23)19(2)16-24-17-20-9-4-3-5-10-20/h6,8,12,14,19-21,23-24H,3-5,7,9-11,13,15-17H2,1-2H3. The predicted molar refractivity (Wildman–Crippen MR) is 106 cm³/mol. The minimum absolute atomic E-state index is 0.404. The molecule has 0 heterocycles. The maximum atomic E-state index is 6.30. The molecule has 2 nitrogen and oxygen atoms in total. The Morgan fingerprint density at radius 2 is 1.92 bits per heavy atom. The van der Waals surface area contributed by atoms with E-state index in [1.54, 1.807) is 0 Å². The van der Waals surface area contributed by atoms with Gasteiger partial charge in [-0.3, -0.25) is 0 Å². The highest BCUT2D eigenvalue weighted by atomic mass is 16.5. The van der Waals surface area contributed by atoms with Crippen LogP contribution in [-0.2, 0) is 0 Å². The number of benzene rings is 1. The van der Waals surface area contributed by atoms with Crippen molar-refractivity contribution in [2.45, 2.75) is 77.7 Å². The van der Waals surface area contributed by atoms with Gasteiger partial charge in [-0.2, -0.15) is 0 Å². The second-order valence-corrected chi connectivity index (χ2v) is 8.62. The van der Waals surface area contributed by atoms with Gasteiger partial charge in [0.2, 0.25) is 0 Å². The second-order valence-electron chi connectivity index (χ2n) is 8.62. The minimum Gasteiger partial charge on any atom is -0.490 e. The van der Waals surface area contributed by atoms with E-state index in [1.165, 1.54) is 76.4 Å². The molecule has 3 unspecified atom stereocenters. The quantitative estimate of drug-likeness (QED) is 0.682. The maximum absolute atomic E-state index is 6.30. The first-order chi connectivity index (χ1) is 12.2. The molecule has 0 bridgehead atoms. The molecule has 1 N–H and O–H groups in total. The fourth-order valence-corrected chi connectivity index (χ4v) is 4.76. The topological polar surface area (TPSA) is 21.3 Å². The summed E-state index contributed by atoms with van der Waals surface area (Å²) in [6.07, 6.45) is 12.8. The number of hydrogen-bond donors (Lipinski definition) is 1. The lowest BCUT2D eigenvalue weighted by Gasteiger charge is -2.33. The van der Waals surface area contributed by atoms with E-state index in [2.05, 4.69) is 43.4 Å². The molecule has 2 aliphatic rings. The third-order valence-corrected chi connectivity index (χ3v) is 6.39. The molecule has 2 heteroatoms. The predicted octanol–water partition coefficient (Wildman–Crippen LogP) is 5.74. The zero-order chi connectivity index (χ0) is 17.5. The molecular weight excluding hydrogens is 306 g/mol. The van der Waals surface area contributed by atoms with E-state index in [9.17, 15) is 0 Å². The molecule has 2 fully saturated rings. The van der Waals surface area contributed by atoms with Crippen LogP contribution in [0.1, 0.15) is 70.3 Å². The minimum atomic E-state index is 0.404. The van der Waals surface area contributed by atoms with Crippen molar-refractivity contribution in [3.05, 3.63) is 29.8 Å². The molecule has 2 saturated carbocycles. The molecule has 0 amide bonds. The average Bonchev–Trinajstić information content (AvgIpc) is 2.63. The lowest BCUT2D eigenvalue weighted by molar-refractivity contribution is 0.101. The average molecular weight is 344 g/mol. The number of nitrogens with one attached hydrogen (secondary N) is 1. The summed E-state index contributed by atoms with van der Waals surface area (Å²) in [7, 11) is 0. The highest BCUT2D eigenvalue weighted by Crippen LogP contribution is 2.32. The van der Waals surface area contributed by atoms with Crippen molar-refractivity contribution >= 4 is 0 Å². The molecule has 0 aliphatic heterocycles. The third-order valence-electron chi connectivity index (χ3n) is 6.39. The first-order valence-corrected chi connectivity index (χ1v) is 10.6. The van der Waals surface area contributed by atoms with Gasteiger partial charge < -0.3 is 10.1 Å². The SMILES string of the molecule is Cc1cccc(OC2CCCC(C(C)CNCC3CCCCC3)C2)c1. The molecule has 0 saturated heterocycles. The molecule has 140 valence electrons. The van der Waals surface area contributed by atoms with Crippen molar-refractivity contribution in [2.24, 2.45) is 17.8 Å². The highest BCUT2D eigenvalue weighted by Gasteiger charge is 2.27. The Kier molecular flexibility index (Phi) is 7.22. The van der Waals surface area contributed by atoms with Crippen molar-refractivity contribution in [1.29, 1.82) is 0 Å². The normalized spacial score (nSPS) is 26.3. The zero-order valence-corrected chi connectivity index (χ0v) is 16.3. The lowest BCUT2D eigenvalue weighted by atomic mass is 9.79. The van der Waals surface area contributed by atoms with E-state index >= 15 is 0 Å². The number of ether oxygens (including phenoxy) is 1. The second kappa shape index (κ2) is 9.62. The van der Waals surface area contributed by atoms with Gasteiger partial charge in [-0.05, 0) is 94.0 Å². The summed E-state index contributed by atoms with van der Waals surface area (Å²) in [5.74, 6) is 3.55. The van der Waals surface area contributed by atoms with Crippen LogP contribution in [0.2, 0.25) is 0 Å². The Bertz CT molecular complexity index is 509. The van der Waals surface area contributed by atoms with Crippen molar-refractivity contribution in [3.63, 3.8) is 0 Å². The number of hydrogen-bond acceptors (Lipinski definition) is 2. The van der Waals surface area contributed by atoms with Crippen LogP contribution in [0.3, 0.4) is 0 Å². The summed E-state index contributed by atoms with van der Waals surface area (Å²) < 4.78 is 6.30. The molecule has 2 aliphatic carbocycles. The van der Waals surface area contributed by atoms with Crippen LogP contribution in [0.25, 0.3) is 0 Å². The van der Waals surface area contributed by atoms with Crippen LogP contribution in [0.5, 0.6) is 5.75 Å².